The van der Waals surface area contributed by atoms with E-state index in [1.165, 1.54) is 12.7 Å². The average molecular weight is 480 g/mol. The Morgan fingerprint density at radius 2 is 1.44 bits per heavy atom. The number of rotatable bonds is 8. The van der Waals surface area contributed by atoms with Crippen molar-refractivity contribution in [2.45, 2.75) is 32.6 Å². The van der Waals surface area contributed by atoms with Crippen molar-refractivity contribution in [1.82, 2.24) is 0 Å². The topological polar surface area (TPSA) is 55.8 Å². The number of hydrogen-bond acceptors (Lipinski definition) is 4. The van der Waals surface area contributed by atoms with Crippen molar-refractivity contribution in [3.8, 4) is 5.75 Å². The molecule has 0 aliphatic rings. The van der Waals surface area contributed by atoms with E-state index in [1.54, 1.807) is 53.4 Å². The minimum absolute atomic E-state index is 0.0286. The summed E-state index contributed by atoms with van der Waals surface area (Å²) in [4.78, 5) is 26.7. The molecule has 178 valence electrons. The molecule has 0 fully saturated rings. The fourth-order valence-electron chi connectivity index (χ4n) is 3.46. The van der Waals surface area contributed by atoms with Crippen LogP contribution in [0.15, 0.2) is 72.8 Å². The second-order valence-electron chi connectivity index (χ2n) is 8.98. The smallest absolute Gasteiger partial charge is 0.337 e. The highest BCUT2D eigenvalue weighted by Gasteiger charge is 2.19. The number of carbonyl (C=O) groups excluding carboxylic acids is 2. The molecule has 0 aliphatic heterocycles. The van der Waals surface area contributed by atoms with Crippen molar-refractivity contribution in [1.29, 1.82) is 0 Å². The van der Waals surface area contributed by atoms with Crippen LogP contribution in [0.1, 0.15) is 53.5 Å². The van der Waals surface area contributed by atoms with Gasteiger partial charge in [0.05, 0.1) is 19.3 Å². The van der Waals surface area contributed by atoms with E-state index in [2.05, 4.69) is 32.9 Å². The molecule has 0 bridgehead atoms. The number of anilines is 1. The van der Waals surface area contributed by atoms with Crippen molar-refractivity contribution in [3.63, 3.8) is 0 Å². The number of amides is 1. The van der Waals surface area contributed by atoms with Crippen LogP contribution in [0.4, 0.5) is 5.69 Å². The molecule has 0 spiro atoms. The first kappa shape index (κ1) is 25.3. The summed E-state index contributed by atoms with van der Waals surface area (Å²) in [6.07, 6.45) is 0.624. The van der Waals surface area contributed by atoms with E-state index in [-0.39, 0.29) is 17.3 Å². The molecule has 0 N–H and O–H groups in total. The van der Waals surface area contributed by atoms with Gasteiger partial charge in [0, 0.05) is 22.8 Å². The number of esters is 1. The molecule has 5 nitrogen and oxygen atoms in total. The summed E-state index contributed by atoms with van der Waals surface area (Å²) >= 11 is 6.00. The van der Waals surface area contributed by atoms with Crippen LogP contribution in [0.3, 0.4) is 0 Å². The minimum Gasteiger partial charge on any atom is -0.494 e. The van der Waals surface area contributed by atoms with Gasteiger partial charge in [-0.3, -0.25) is 4.79 Å². The van der Waals surface area contributed by atoms with E-state index in [4.69, 9.17) is 21.1 Å². The number of ether oxygens (including phenoxy) is 2. The monoisotopic (exact) mass is 479 g/mol. The van der Waals surface area contributed by atoms with Gasteiger partial charge < -0.3 is 14.4 Å². The summed E-state index contributed by atoms with van der Waals surface area (Å²) in [5.41, 5.74) is 3.10. The molecule has 0 radical (unpaired) electrons. The molecule has 0 unspecified atom stereocenters. The molecule has 0 heterocycles. The van der Waals surface area contributed by atoms with E-state index in [0.29, 0.717) is 41.5 Å². The Hall–Kier alpha value is -3.31. The van der Waals surface area contributed by atoms with Crippen LogP contribution in [0.25, 0.3) is 0 Å². The third kappa shape index (κ3) is 6.61. The van der Waals surface area contributed by atoms with Crippen LogP contribution in [-0.2, 0) is 10.2 Å². The molecular formula is C28H30ClNO4. The lowest BCUT2D eigenvalue weighted by molar-refractivity contribution is 0.0600. The zero-order valence-electron chi connectivity index (χ0n) is 20.0. The summed E-state index contributed by atoms with van der Waals surface area (Å²) in [5.74, 6) is 0.167. The zero-order valence-corrected chi connectivity index (χ0v) is 20.8. The number of methoxy groups -OCH3 is 1. The first-order valence-electron chi connectivity index (χ1n) is 11.2. The number of halogens is 1. The van der Waals surface area contributed by atoms with Gasteiger partial charge in [0.25, 0.3) is 5.91 Å². The van der Waals surface area contributed by atoms with E-state index >= 15 is 0 Å². The maximum atomic E-state index is 13.3. The lowest BCUT2D eigenvalue weighted by Crippen LogP contribution is -2.32. The zero-order chi connectivity index (χ0) is 24.7. The fourth-order valence-corrected chi connectivity index (χ4v) is 3.58. The highest BCUT2D eigenvalue weighted by molar-refractivity contribution is 6.30. The van der Waals surface area contributed by atoms with Crippen molar-refractivity contribution >= 4 is 29.2 Å². The van der Waals surface area contributed by atoms with Crippen LogP contribution in [0, 0.1) is 0 Å². The predicted molar refractivity (Wildman–Crippen MR) is 136 cm³/mol. The van der Waals surface area contributed by atoms with Gasteiger partial charge in [-0.1, -0.05) is 44.5 Å². The molecule has 3 aromatic rings. The second kappa shape index (κ2) is 11.2. The van der Waals surface area contributed by atoms with Crippen LogP contribution >= 0.6 is 11.6 Å². The lowest BCUT2D eigenvalue weighted by Gasteiger charge is -2.25. The fraction of sp³-hybridized carbons (Fsp3) is 0.286. The standard InChI is InChI=1S/C28H30ClNO4/c1-28(2,3)22-10-14-24(15-11-22)30(26(31)20-6-12-23(29)13-7-20)18-5-19-34-25-16-8-21(9-17-25)27(32)33-4/h6-17H,5,18-19H2,1-4H3. The quantitative estimate of drug-likeness (QED) is 0.272. The van der Waals surface area contributed by atoms with E-state index in [0.717, 1.165) is 5.69 Å². The van der Waals surface area contributed by atoms with Crippen molar-refractivity contribution in [2.75, 3.05) is 25.2 Å². The number of benzene rings is 3. The van der Waals surface area contributed by atoms with Crippen molar-refractivity contribution in [2.24, 2.45) is 0 Å². The molecule has 0 saturated carbocycles. The maximum Gasteiger partial charge on any atom is 0.337 e. The highest BCUT2D eigenvalue weighted by Crippen LogP contribution is 2.26. The van der Waals surface area contributed by atoms with Crippen molar-refractivity contribution < 1.29 is 19.1 Å². The molecule has 34 heavy (non-hydrogen) atoms. The summed E-state index contributed by atoms with van der Waals surface area (Å²) in [6, 6.07) is 21.8. The molecule has 0 aliphatic carbocycles. The number of nitrogens with zero attached hydrogens (tertiary/aromatic N) is 1. The normalized spacial score (nSPS) is 11.1. The van der Waals surface area contributed by atoms with Gasteiger partial charge in [-0.2, -0.15) is 0 Å². The minimum atomic E-state index is -0.389. The Morgan fingerprint density at radius 1 is 0.853 bits per heavy atom. The van der Waals surface area contributed by atoms with Gasteiger partial charge in [0.15, 0.2) is 0 Å². The van der Waals surface area contributed by atoms with E-state index in [1.807, 2.05) is 12.1 Å². The van der Waals surface area contributed by atoms with Gasteiger partial charge in [0.2, 0.25) is 0 Å². The van der Waals surface area contributed by atoms with E-state index in [9.17, 15) is 9.59 Å². The summed E-state index contributed by atoms with van der Waals surface area (Å²) in [5, 5.41) is 0.587. The van der Waals surface area contributed by atoms with Gasteiger partial charge >= 0.3 is 5.97 Å². The van der Waals surface area contributed by atoms with E-state index < -0.39 is 0 Å². The first-order chi connectivity index (χ1) is 16.2. The van der Waals surface area contributed by atoms with Crippen LogP contribution in [-0.4, -0.2) is 32.1 Å². The molecule has 3 rings (SSSR count). The first-order valence-corrected chi connectivity index (χ1v) is 11.6. The Bertz CT molecular complexity index is 1100. The molecular weight excluding hydrogens is 450 g/mol. The molecule has 0 aromatic heterocycles. The van der Waals surface area contributed by atoms with Gasteiger partial charge in [-0.25, -0.2) is 4.79 Å². The predicted octanol–water partition coefficient (Wildman–Crippen LogP) is 6.54. The molecule has 3 aromatic carbocycles. The summed E-state index contributed by atoms with van der Waals surface area (Å²) in [7, 11) is 1.35. The lowest BCUT2D eigenvalue weighted by atomic mass is 9.87. The Balaban J connectivity index is 1.70. The maximum absolute atomic E-state index is 13.3. The summed E-state index contributed by atoms with van der Waals surface area (Å²) < 4.78 is 10.5. The Morgan fingerprint density at radius 3 is 2.00 bits per heavy atom. The Labute approximate surface area is 206 Å². The van der Waals surface area contributed by atoms with Crippen molar-refractivity contribution in [3.05, 3.63) is 94.5 Å². The van der Waals surface area contributed by atoms with Crippen LogP contribution < -0.4 is 9.64 Å². The molecule has 0 atom stereocenters. The average Bonchev–Trinajstić information content (AvgIpc) is 2.83. The van der Waals surface area contributed by atoms with Gasteiger partial charge in [0.1, 0.15) is 5.75 Å². The third-order valence-electron chi connectivity index (χ3n) is 5.45. The van der Waals surface area contributed by atoms with Crippen LogP contribution in [0.5, 0.6) is 5.75 Å². The summed E-state index contributed by atoms with van der Waals surface area (Å²) in [6.45, 7) is 7.38. The number of carbonyl (C=O) groups is 2. The molecule has 0 saturated heterocycles. The van der Waals surface area contributed by atoms with Crippen LogP contribution in [0.2, 0.25) is 5.02 Å². The molecule has 1 amide bonds. The number of hydrogen-bond donors (Lipinski definition) is 0. The third-order valence-corrected chi connectivity index (χ3v) is 5.70. The highest BCUT2D eigenvalue weighted by atomic mass is 35.5. The van der Waals surface area contributed by atoms with Gasteiger partial charge in [-0.15, -0.1) is 0 Å². The second-order valence-corrected chi connectivity index (χ2v) is 9.41. The van der Waals surface area contributed by atoms with Gasteiger partial charge in [-0.05, 0) is 78.1 Å². The SMILES string of the molecule is COC(=O)c1ccc(OCCCN(C(=O)c2ccc(Cl)cc2)c2ccc(C(C)(C)C)cc2)cc1. The molecule has 6 heteroatoms. The largest absolute Gasteiger partial charge is 0.494 e. The Kier molecular flexibility index (Phi) is 8.35.